The quantitative estimate of drug-likeness (QED) is 0.558. The van der Waals surface area contributed by atoms with Crippen LogP contribution < -0.4 is 10.6 Å². The van der Waals surface area contributed by atoms with E-state index in [1.807, 2.05) is 48.5 Å². The molecule has 4 rings (SSSR count). The molecule has 0 fully saturated rings. The van der Waals surface area contributed by atoms with E-state index in [1.165, 1.54) is 19.3 Å². The number of fused-ring (bicyclic) bond motifs is 3. The SMILES string of the molecule is C[C@H](NC(=O)c1occc1NC(=O)OCC1c2ccccc2-c2ccccc21)C(=O)O. The molecular formula is C23H20N2O6. The third-order valence-electron chi connectivity index (χ3n) is 5.17. The van der Waals surface area contributed by atoms with Gasteiger partial charge < -0.3 is 19.6 Å². The third kappa shape index (κ3) is 4.00. The smallest absolute Gasteiger partial charge is 0.411 e. The minimum Gasteiger partial charge on any atom is -0.480 e. The molecule has 2 amide bonds. The Bertz CT molecular complexity index is 1110. The number of hydrogen-bond donors (Lipinski definition) is 3. The van der Waals surface area contributed by atoms with E-state index < -0.39 is 24.0 Å². The highest BCUT2D eigenvalue weighted by Gasteiger charge is 2.29. The Labute approximate surface area is 177 Å². The van der Waals surface area contributed by atoms with Gasteiger partial charge in [0.05, 0.1) is 12.0 Å². The molecule has 1 aliphatic rings. The first-order valence-electron chi connectivity index (χ1n) is 9.69. The molecule has 1 heterocycles. The van der Waals surface area contributed by atoms with E-state index in [-0.39, 0.29) is 24.0 Å². The molecule has 31 heavy (non-hydrogen) atoms. The highest BCUT2D eigenvalue weighted by molar-refractivity contribution is 6.01. The fourth-order valence-corrected chi connectivity index (χ4v) is 3.65. The minimum atomic E-state index is -1.19. The van der Waals surface area contributed by atoms with E-state index in [0.717, 1.165) is 22.3 Å². The number of ether oxygens (including phenoxy) is 1. The maximum atomic E-state index is 12.4. The molecule has 0 spiro atoms. The Morgan fingerprint density at radius 1 is 1.03 bits per heavy atom. The van der Waals surface area contributed by atoms with Crippen LogP contribution in [0.15, 0.2) is 65.3 Å². The summed E-state index contributed by atoms with van der Waals surface area (Å²) in [6.45, 7) is 1.44. The van der Waals surface area contributed by atoms with Crippen molar-refractivity contribution < 1.29 is 28.6 Å². The second-order valence-corrected chi connectivity index (χ2v) is 7.15. The maximum absolute atomic E-state index is 12.4. The summed E-state index contributed by atoms with van der Waals surface area (Å²) in [4.78, 5) is 35.5. The molecule has 0 saturated heterocycles. The molecule has 0 unspecified atom stereocenters. The Balaban J connectivity index is 1.43. The summed E-state index contributed by atoms with van der Waals surface area (Å²) in [7, 11) is 0. The maximum Gasteiger partial charge on any atom is 0.411 e. The standard InChI is InChI=1S/C23H20N2O6/c1-13(22(27)28)24-21(26)20-19(10-11-30-20)25-23(29)31-12-18-16-8-4-2-6-14(16)15-7-3-5-9-17(15)18/h2-11,13,18H,12H2,1H3,(H,24,26)(H,25,29)(H,27,28)/t13-/m0/s1. The van der Waals surface area contributed by atoms with Crippen molar-refractivity contribution in [2.75, 3.05) is 11.9 Å². The molecule has 8 heteroatoms. The van der Waals surface area contributed by atoms with Crippen molar-refractivity contribution in [1.82, 2.24) is 5.32 Å². The predicted molar refractivity (Wildman–Crippen MR) is 112 cm³/mol. The lowest BCUT2D eigenvalue weighted by Crippen LogP contribution is -2.38. The van der Waals surface area contributed by atoms with E-state index in [4.69, 9.17) is 14.3 Å². The summed E-state index contributed by atoms with van der Waals surface area (Å²) >= 11 is 0. The van der Waals surface area contributed by atoms with Crippen molar-refractivity contribution in [3.8, 4) is 11.1 Å². The predicted octanol–water partition coefficient (Wildman–Crippen LogP) is 3.84. The van der Waals surface area contributed by atoms with Crippen molar-refractivity contribution in [2.45, 2.75) is 18.9 Å². The molecular weight excluding hydrogens is 400 g/mol. The largest absolute Gasteiger partial charge is 0.480 e. The Morgan fingerprint density at radius 2 is 1.65 bits per heavy atom. The molecule has 0 radical (unpaired) electrons. The zero-order valence-electron chi connectivity index (χ0n) is 16.6. The van der Waals surface area contributed by atoms with Gasteiger partial charge in [0.15, 0.2) is 0 Å². The fourth-order valence-electron chi connectivity index (χ4n) is 3.65. The van der Waals surface area contributed by atoms with E-state index in [9.17, 15) is 14.4 Å². The highest BCUT2D eigenvalue weighted by atomic mass is 16.5. The van der Waals surface area contributed by atoms with Crippen LogP contribution in [0.3, 0.4) is 0 Å². The Hall–Kier alpha value is -4.07. The number of nitrogens with one attached hydrogen (secondary N) is 2. The van der Waals surface area contributed by atoms with Gasteiger partial charge in [-0.2, -0.15) is 0 Å². The van der Waals surface area contributed by atoms with Gasteiger partial charge in [0.2, 0.25) is 5.76 Å². The van der Waals surface area contributed by atoms with Gasteiger partial charge in [0.1, 0.15) is 12.6 Å². The summed E-state index contributed by atoms with van der Waals surface area (Å²) in [6.07, 6.45) is 0.475. The highest BCUT2D eigenvalue weighted by Crippen LogP contribution is 2.44. The number of benzene rings is 2. The molecule has 3 N–H and O–H groups in total. The molecule has 8 nitrogen and oxygen atoms in total. The molecule has 1 aliphatic carbocycles. The second-order valence-electron chi connectivity index (χ2n) is 7.15. The van der Waals surface area contributed by atoms with Crippen molar-refractivity contribution in [2.24, 2.45) is 0 Å². The number of carbonyl (C=O) groups is 3. The molecule has 0 aliphatic heterocycles. The summed E-state index contributed by atoms with van der Waals surface area (Å²) in [5.41, 5.74) is 4.50. The number of carboxylic acid groups (broad SMARTS) is 1. The van der Waals surface area contributed by atoms with Gasteiger partial charge in [-0.1, -0.05) is 48.5 Å². The van der Waals surface area contributed by atoms with E-state index in [1.54, 1.807) is 0 Å². The third-order valence-corrected chi connectivity index (χ3v) is 5.17. The monoisotopic (exact) mass is 420 g/mol. The lowest BCUT2D eigenvalue weighted by atomic mass is 9.98. The lowest BCUT2D eigenvalue weighted by Gasteiger charge is -2.14. The van der Waals surface area contributed by atoms with Gasteiger partial charge >= 0.3 is 12.1 Å². The number of anilines is 1. The first-order chi connectivity index (χ1) is 15.0. The van der Waals surface area contributed by atoms with Gasteiger partial charge in [-0.25, -0.2) is 4.79 Å². The average Bonchev–Trinajstić information content (AvgIpc) is 3.34. The summed E-state index contributed by atoms with van der Waals surface area (Å²) < 4.78 is 10.6. The molecule has 0 saturated carbocycles. The van der Waals surface area contributed by atoms with Crippen molar-refractivity contribution in [3.05, 3.63) is 77.7 Å². The molecule has 3 aromatic rings. The van der Waals surface area contributed by atoms with Crippen molar-refractivity contribution in [3.63, 3.8) is 0 Å². The number of amides is 2. The first-order valence-corrected chi connectivity index (χ1v) is 9.69. The molecule has 2 aromatic carbocycles. The Morgan fingerprint density at radius 3 is 2.26 bits per heavy atom. The molecule has 0 bridgehead atoms. The molecule has 158 valence electrons. The van der Waals surface area contributed by atoms with Gasteiger partial charge in [-0.05, 0) is 29.2 Å². The van der Waals surface area contributed by atoms with Crippen LogP contribution >= 0.6 is 0 Å². The van der Waals surface area contributed by atoms with Crippen molar-refractivity contribution >= 4 is 23.7 Å². The van der Waals surface area contributed by atoms with E-state index in [2.05, 4.69) is 10.6 Å². The topological polar surface area (TPSA) is 118 Å². The normalized spacial score (nSPS) is 13.1. The van der Waals surface area contributed by atoms with Crippen LogP contribution in [0.4, 0.5) is 10.5 Å². The van der Waals surface area contributed by atoms with Crippen LogP contribution in [0.1, 0.15) is 34.5 Å². The van der Waals surface area contributed by atoms with Crippen LogP contribution in [-0.4, -0.2) is 35.7 Å². The number of carboxylic acids is 1. The Kier molecular flexibility index (Phi) is 5.44. The van der Waals surface area contributed by atoms with Gasteiger partial charge in [0.25, 0.3) is 5.91 Å². The van der Waals surface area contributed by atoms with Gasteiger partial charge in [-0.3, -0.25) is 14.9 Å². The number of carbonyl (C=O) groups excluding carboxylic acids is 2. The van der Waals surface area contributed by atoms with Crippen LogP contribution in [0.25, 0.3) is 11.1 Å². The van der Waals surface area contributed by atoms with Gasteiger partial charge in [-0.15, -0.1) is 0 Å². The number of hydrogen-bond acceptors (Lipinski definition) is 5. The van der Waals surface area contributed by atoms with Crippen LogP contribution in [0.5, 0.6) is 0 Å². The minimum absolute atomic E-state index is 0.0901. The summed E-state index contributed by atoms with van der Waals surface area (Å²) in [5, 5.41) is 13.7. The van der Waals surface area contributed by atoms with Crippen LogP contribution in [0.2, 0.25) is 0 Å². The lowest BCUT2D eigenvalue weighted by molar-refractivity contribution is -0.138. The zero-order chi connectivity index (χ0) is 22.0. The van der Waals surface area contributed by atoms with Crippen molar-refractivity contribution in [1.29, 1.82) is 0 Å². The summed E-state index contributed by atoms with van der Waals surface area (Å²) in [6, 6.07) is 16.3. The number of aliphatic carboxylic acids is 1. The first kappa shape index (κ1) is 20.2. The number of furan rings is 1. The van der Waals surface area contributed by atoms with Crippen LogP contribution in [0, 0.1) is 0 Å². The number of rotatable bonds is 6. The molecule has 1 aromatic heterocycles. The molecule has 1 atom stereocenters. The average molecular weight is 420 g/mol. The summed E-state index contributed by atoms with van der Waals surface area (Å²) in [5.74, 6) is -2.25. The van der Waals surface area contributed by atoms with Gasteiger partial charge in [0, 0.05) is 12.0 Å². The zero-order valence-corrected chi connectivity index (χ0v) is 16.6. The van der Waals surface area contributed by atoms with E-state index in [0.29, 0.717) is 0 Å². The second kappa shape index (κ2) is 8.35. The fraction of sp³-hybridized carbons (Fsp3) is 0.174. The van der Waals surface area contributed by atoms with E-state index >= 15 is 0 Å². The van der Waals surface area contributed by atoms with Crippen LogP contribution in [-0.2, 0) is 9.53 Å².